The number of aliphatic hydroxyl groups excluding tert-OH is 1. The number of nitrogens with zero attached hydrogens (tertiary/aromatic N) is 3. The lowest BCUT2D eigenvalue weighted by molar-refractivity contribution is -0.135. The SMILES string of the molecule is CC(=O)NC[C@]1(c2ccccc2)CC[C@@H](O)[C@H](N(C)C(=O)Cn2ccnc2C)CC1. The summed E-state index contributed by atoms with van der Waals surface area (Å²) in [7, 11) is 1.77. The fraction of sp³-hybridized carbons (Fsp3) is 0.522. The molecule has 0 spiro atoms. The number of benzene rings is 1. The van der Waals surface area contributed by atoms with Crippen LogP contribution in [0.2, 0.25) is 0 Å². The molecule has 7 heteroatoms. The summed E-state index contributed by atoms with van der Waals surface area (Å²) in [6.07, 6.45) is 5.63. The van der Waals surface area contributed by atoms with Crippen molar-refractivity contribution < 1.29 is 14.7 Å². The number of hydrogen-bond acceptors (Lipinski definition) is 4. The molecule has 7 nitrogen and oxygen atoms in total. The van der Waals surface area contributed by atoms with Crippen LogP contribution in [0.25, 0.3) is 0 Å². The van der Waals surface area contributed by atoms with E-state index in [0.29, 0.717) is 19.4 Å². The van der Waals surface area contributed by atoms with Crippen LogP contribution >= 0.6 is 0 Å². The first-order chi connectivity index (χ1) is 14.3. The molecular formula is C23H32N4O3. The molecule has 1 aliphatic rings. The Labute approximate surface area is 178 Å². The Morgan fingerprint density at radius 2 is 1.97 bits per heavy atom. The Balaban J connectivity index is 1.77. The topological polar surface area (TPSA) is 87.5 Å². The van der Waals surface area contributed by atoms with Crippen LogP contribution in [0, 0.1) is 6.92 Å². The summed E-state index contributed by atoms with van der Waals surface area (Å²) in [5.74, 6) is 0.681. The Bertz CT molecular complexity index is 866. The summed E-state index contributed by atoms with van der Waals surface area (Å²) in [4.78, 5) is 30.4. The number of aromatic nitrogens is 2. The van der Waals surface area contributed by atoms with Gasteiger partial charge in [0.15, 0.2) is 0 Å². The number of nitrogens with one attached hydrogen (secondary N) is 1. The quantitative estimate of drug-likeness (QED) is 0.711. The van der Waals surface area contributed by atoms with Crippen LogP contribution < -0.4 is 5.32 Å². The highest BCUT2D eigenvalue weighted by Gasteiger charge is 2.39. The number of hydrogen-bond donors (Lipinski definition) is 2. The third kappa shape index (κ3) is 4.90. The first kappa shape index (κ1) is 22.0. The number of rotatable bonds is 6. The van der Waals surface area contributed by atoms with E-state index in [2.05, 4.69) is 22.4 Å². The average Bonchev–Trinajstić information content (AvgIpc) is 3.05. The second kappa shape index (κ2) is 9.43. The molecule has 0 unspecified atom stereocenters. The number of likely N-dealkylation sites (N-methyl/N-ethyl adjacent to an activating group) is 1. The molecule has 1 fully saturated rings. The van der Waals surface area contributed by atoms with E-state index < -0.39 is 6.10 Å². The van der Waals surface area contributed by atoms with Gasteiger partial charge in [-0.05, 0) is 38.2 Å². The van der Waals surface area contributed by atoms with Crippen LogP contribution in [-0.4, -0.2) is 57.1 Å². The van der Waals surface area contributed by atoms with Gasteiger partial charge in [0.05, 0.1) is 12.1 Å². The van der Waals surface area contributed by atoms with Gasteiger partial charge in [0.25, 0.3) is 0 Å². The Morgan fingerprint density at radius 3 is 2.60 bits per heavy atom. The molecule has 1 heterocycles. The molecule has 3 atom stereocenters. The molecule has 1 aromatic carbocycles. The van der Waals surface area contributed by atoms with Crippen molar-refractivity contribution in [1.29, 1.82) is 0 Å². The average molecular weight is 413 g/mol. The van der Waals surface area contributed by atoms with Crippen molar-refractivity contribution in [3.05, 3.63) is 54.1 Å². The molecule has 1 aromatic heterocycles. The van der Waals surface area contributed by atoms with Crippen LogP contribution in [0.15, 0.2) is 42.7 Å². The van der Waals surface area contributed by atoms with Crippen LogP contribution in [0.3, 0.4) is 0 Å². The predicted octanol–water partition coefficient (Wildman–Crippen LogP) is 2.03. The number of aryl methyl sites for hydroxylation is 1. The molecular weight excluding hydrogens is 380 g/mol. The number of carbonyl (C=O) groups is 2. The summed E-state index contributed by atoms with van der Waals surface area (Å²) in [6, 6.07) is 9.91. The Kier molecular flexibility index (Phi) is 6.92. The van der Waals surface area contributed by atoms with E-state index in [-0.39, 0.29) is 29.8 Å². The number of imidazole rings is 1. The predicted molar refractivity (Wildman–Crippen MR) is 115 cm³/mol. The smallest absolute Gasteiger partial charge is 0.242 e. The van der Waals surface area contributed by atoms with Crippen molar-refractivity contribution >= 4 is 11.8 Å². The van der Waals surface area contributed by atoms with E-state index in [4.69, 9.17) is 0 Å². The minimum absolute atomic E-state index is 0.0470. The number of carbonyl (C=O) groups excluding carboxylic acids is 2. The second-order valence-corrected chi connectivity index (χ2v) is 8.38. The highest BCUT2D eigenvalue weighted by atomic mass is 16.3. The van der Waals surface area contributed by atoms with Gasteiger partial charge < -0.3 is 19.9 Å². The van der Waals surface area contributed by atoms with Gasteiger partial charge in [0.2, 0.25) is 11.8 Å². The van der Waals surface area contributed by atoms with Crippen LogP contribution in [0.1, 0.15) is 44.0 Å². The van der Waals surface area contributed by atoms with Crippen molar-refractivity contribution in [2.75, 3.05) is 13.6 Å². The summed E-state index contributed by atoms with van der Waals surface area (Å²) >= 11 is 0. The Hall–Kier alpha value is -2.67. The third-order valence-electron chi connectivity index (χ3n) is 6.46. The Morgan fingerprint density at radius 1 is 1.27 bits per heavy atom. The van der Waals surface area contributed by atoms with Crippen LogP contribution in [0.4, 0.5) is 0 Å². The van der Waals surface area contributed by atoms with Gasteiger partial charge in [0.1, 0.15) is 12.4 Å². The van der Waals surface area contributed by atoms with Crippen molar-refractivity contribution in [3.8, 4) is 0 Å². The molecule has 162 valence electrons. The maximum atomic E-state index is 12.9. The largest absolute Gasteiger partial charge is 0.391 e. The third-order valence-corrected chi connectivity index (χ3v) is 6.46. The standard InChI is InChI=1S/C23H32N4O3/c1-17-24-13-14-27(17)15-22(30)26(3)20-9-11-23(12-10-21(20)29,16-25-18(2)28)19-7-5-4-6-8-19/h4-8,13-14,20-21,29H,9-12,15-16H2,1-3H3,(H,25,28)/t20-,21-,23-/m1/s1. The first-order valence-corrected chi connectivity index (χ1v) is 10.5. The molecule has 1 saturated carbocycles. The highest BCUT2D eigenvalue weighted by molar-refractivity contribution is 5.76. The van der Waals surface area contributed by atoms with Crippen molar-refractivity contribution in [1.82, 2.24) is 19.8 Å². The maximum Gasteiger partial charge on any atom is 0.242 e. The highest BCUT2D eigenvalue weighted by Crippen LogP contribution is 2.39. The van der Waals surface area contributed by atoms with Crippen LogP contribution in [0.5, 0.6) is 0 Å². The fourth-order valence-corrected chi connectivity index (χ4v) is 4.48. The van der Waals surface area contributed by atoms with Crippen molar-refractivity contribution in [2.45, 2.75) is 63.6 Å². The molecule has 3 rings (SSSR count). The lowest BCUT2D eigenvalue weighted by atomic mass is 9.74. The number of aliphatic hydroxyl groups is 1. The van der Waals surface area contributed by atoms with Gasteiger partial charge in [-0.2, -0.15) is 0 Å². The molecule has 2 N–H and O–H groups in total. The molecule has 2 amide bonds. The van der Waals surface area contributed by atoms with Gasteiger partial charge in [-0.25, -0.2) is 4.98 Å². The minimum atomic E-state index is -0.606. The van der Waals surface area contributed by atoms with Gasteiger partial charge in [0, 0.05) is 38.3 Å². The van der Waals surface area contributed by atoms with E-state index >= 15 is 0 Å². The summed E-state index contributed by atoms with van der Waals surface area (Å²) < 4.78 is 1.81. The van der Waals surface area contributed by atoms with Gasteiger partial charge in [-0.15, -0.1) is 0 Å². The van der Waals surface area contributed by atoms with Gasteiger partial charge in [-0.1, -0.05) is 30.3 Å². The van der Waals surface area contributed by atoms with E-state index in [9.17, 15) is 14.7 Å². The van der Waals surface area contributed by atoms with Crippen molar-refractivity contribution in [3.63, 3.8) is 0 Å². The zero-order valence-corrected chi connectivity index (χ0v) is 18.0. The van der Waals surface area contributed by atoms with E-state index in [0.717, 1.165) is 24.2 Å². The molecule has 1 aliphatic carbocycles. The lowest BCUT2D eigenvalue weighted by Gasteiger charge is -2.34. The van der Waals surface area contributed by atoms with Crippen LogP contribution in [-0.2, 0) is 21.5 Å². The fourth-order valence-electron chi connectivity index (χ4n) is 4.48. The summed E-state index contributed by atoms with van der Waals surface area (Å²) in [6.45, 7) is 4.13. The summed E-state index contributed by atoms with van der Waals surface area (Å²) in [5, 5.41) is 13.9. The monoisotopic (exact) mass is 412 g/mol. The minimum Gasteiger partial charge on any atom is -0.391 e. The first-order valence-electron chi connectivity index (χ1n) is 10.5. The van der Waals surface area contributed by atoms with E-state index in [1.54, 1.807) is 24.3 Å². The maximum absolute atomic E-state index is 12.9. The van der Waals surface area contributed by atoms with Gasteiger partial charge >= 0.3 is 0 Å². The molecule has 2 aromatic rings. The zero-order valence-electron chi connectivity index (χ0n) is 18.0. The second-order valence-electron chi connectivity index (χ2n) is 8.38. The van der Waals surface area contributed by atoms with Crippen molar-refractivity contribution in [2.24, 2.45) is 0 Å². The number of amides is 2. The molecule has 0 radical (unpaired) electrons. The molecule has 30 heavy (non-hydrogen) atoms. The lowest BCUT2D eigenvalue weighted by Crippen LogP contribution is -2.45. The van der Waals surface area contributed by atoms with Gasteiger partial charge in [-0.3, -0.25) is 9.59 Å². The molecule has 0 aliphatic heterocycles. The van der Waals surface area contributed by atoms with E-state index in [1.165, 1.54) is 6.92 Å². The summed E-state index contributed by atoms with van der Waals surface area (Å²) in [5.41, 5.74) is 0.905. The zero-order chi connectivity index (χ0) is 21.7. The molecule has 0 bridgehead atoms. The molecule has 0 saturated heterocycles. The van der Waals surface area contributed by atoms with E-state index in [1.807, 2.05) is 29.7 Å². The normalized spacial score (nSPS) is 24.1.